The largest absolute Gasteiger partial charge is 0.335 e. The summed E-state index contributed by atoms with van der Waals surface area (Å²) < 4.78 is 0. The Bertz CT molecular complexity index is 363. The summed E-state index contributed by atoms with van der Waals surface area (Å²) in [4.78, 5) is 11.3. The highest BCUT2D eigenvalue weighted by molar-refractivity contribution is 6.31. The van der Waals surface area contributed by atoms with Gasteiger partial charge in [0, 0.05) is 17.6 Å². The Balaban J connectivity index is 1.81. The molecule has 0 aliphatic heterocycles. The molecule has 0 radical (unpaired) electrons. The molecule has 4 heteroatoms. The maximum Gasteiger partial charge on any atom is 0.315 e. The lowest BCUT2D eigenvalue weighted by atomic mass is 10.2. The predicted molar refractivity (Wildman–Crippen MR) is 59.8 cm³/mol. The monoisotopic (exact) mass is 224 g/mol. The van der Waals surface area contributed by atoms with E-state index in [9.17, 15) is 4.79 Å². The molecule has 0 aromatic heterocycles. The summed E-state index contributed by atoms with van der Waals surface area (Å²) in [5.41, 5.74) is 0.935. The van der Waals surface area contributed by atoms with Crippen molar-refractivity contribution in [2.75, 3.05) is 0 Å². The van der Waals surface area contributed by atoms with Crippen LogP contribution in [0, 0.1) is 0 Å². The summed E-state index contributed by atoms with van der Waals surface area (Å²) in [6.45, 7) is 0.470. The molecular formula is C11H13ClN2O. The third kappa shape index (κ3) is 3.13. The van der Waals surface area contributed by atoms with Crippen LogP contribution >= 0.6 is 11.6 Å². The van der Waals surface area contributed by atoms with E-state index in [1.54, 1.807) is 0 Å². The first kappa shape index (κ1) is 10.3. The number of halogens is 1. The van der Waals surface area contributed by atoms with Crippen molar-refractivity contribution in [1.29, 1.82) is 0 Å². The molecular weight excluding hydrogens is 212 g/mol. The molecule has 0 unspecified atom stereocenters. The SMILES string of the molecule is O=C(NCc1ccccc1Cl)NC1CC1. The molecule has 1 aliphatic rings. The van der Waals surface area contributed by atoms with Gasteiger partial charge in [-0.25, -0.2) is 4.79 Å². The van der Waals surface area contributed by atoms with E-state index in [-0.39, 0.29) is 6.03 Å². The zero-order valence-electron chi connectivity index (χ0n) is 8.29. The predicted octanol–water partition coefficient (Wildman–Crippen LogP) is 2.30. The first-order valence-corrected chi connectivity index (χ1v) is 5.41. The Morgan fingerprint density at radius 2 is 2.13 bits per heavy atom. The molecule has 3 nitrogen and oxygen atoms in total. The first-order valence-electron chi connectivity index (χ1n) is 5.03. The van der Waals surface area contributed by atoms with Crippen LogP contribution in [0.5, 0.6) is 0 Å². The van der Waals surface area contributed by atoms with Crippen LogP contribution in [-0.4, -0.2) is 12.1 Å². The molecule has 15 heavy (non-hydrogen) atoms. The van der Waals surface area contributed by atoms with E-state index in [4.69, 9.17) is 11.6 Å². The van der Waals surface area contributed by atoms with Crippen LogP contribution in [0.4, 0.5) is 4.79 Å². The molecule has 0 atom stereocenters. The fourth-order valence-electron chi connectivity index (χ4n) is 1.28. The summed E-state index contributed by atoms with van der Waals surface area (Å²) in [5, 5.41) is 6.31. The van der Waals surface area contributed by atoms with Gasteiger partial charge in [-0.05, 0) is 24.5 Å². The van der Waals surface area contributed by atoms with Gasteiger partial charge in [-0.15, -0.1) is 0 Å². The average Bonchev–Trinajstić information content (AvgIpc) is 3.00. The number of carbonyl (C=O) groups excluding carboxylic acids is 1. The molecule has 1 aromatic rings. The van der Waals surface area contributed by atoms with Crippen LogP contribution < -0.4 is 10.6 Å². The summed E-state index contributed by atoms with van der Waals surface area (Å²) in [5.74, 6) is 0. The van der Waals surface area contributed by atoms with Crippen LogP contribution in [0.3, 0.4) is 0 Å². The molecule has 1 aliphatic carbocycles. The average molecular weight is 225 g/mol. The summed E-state index contributed by atoms with van der Waals surface area (Å²) in [7, 11) is 0. The lowest BCUT2D eigenvalue weighted by Gasteiger charge is -2.07. The van der Waals surface area contributed by atoms with E-state index in [0.717, 1.165) is 18.4 Å². The van der Waals surface area contributed by atoms with E-state index in [1.807, 2.05) is 24.3 Å². The molecule has 2 N–H and O–H groups in total. The highest BCUT2D eigenvalue weighted by Crippen LogP contribution is 2.18. The molecule has 1 saturated carbocycles. The van der Waals surface area contributed by atoms with Gasteiger partial charge in [0.15, 0.2) is 0 Å². The highest BCUT2D eigenvalue weighted by Gasteiger charge is 2.22. The van der Waals surface area contributed by atoms with E-state index < -0.39 is 0 Å². The van der Waals surface area contributed by atoms with Crippen molar-refractivity contribution < 1.29 is 4.79 Å². The van der Waals surface area contributed by atoms with E-state index in [2.05, 4.69) is 10.6 Å². The van der Waals surface area contributed by atoms with Crippen molar-refractivity contribution in [2.24, 2.45) is 0 Å². The van der Waals surface area contributed by atoms with E-state index in [0.29, 0.717) is 17.6 Å². The van der Waals surface area contributed by atoms with Gasteiger partial charge in [-0.2, -0.15) is 0 Å². The third-order valence-electron chi connectivity index (χ3n) is 2.31. The van der Waals surface area contributed by atoms with Crippen molar-refractivity contribution >= 4 is 17.6 Å². The van der Waals surface area contributed by atoms with Gasteiger partial charge < -0.3 is 10.6 Å². The van der Waals surface area contributed by atoms with Crippen LogP contribution in [0.15, 0.2) is 24.3 Å². The Morgan fingerprint density at radius 3 is 2.80 bits per heavy atom. The number of hydrogen-bond acceptors (Lipinski definition) is 1. The molecule has 2 amide bonds. The molecule has 0 spiro atoms. The third-order valence-corrected chi connectivity index (χ3v) is 2.68. The minimum absolute atomic E-state index is 0.114. The van der Waals surface area contributed by atoms with Crippen molar-refractivity contribution in [3.8, 4) is 0 Å². The molecule has 1 aromatic carbocycles. The number of rotatable bonds is 3. The number of nitrogens with one attached hydrogen (secondary N) is 2. The topological polar surface area (TPSA) is 41.1 Å². The lowest BCUT2D eigenvalue weighted by Crippen LogP contribution is -2.36. The van der Waals surface area contributed by atoms with Gasteiger partial charge in [0.25, 0.3) is 0 Å². The number of amides is 2. The van der Waals surface area contributed by atoms with Crippen LogP contribution in [0.1, 0.15) is 18.4 Å². The van der Waals surface area contributed by atoms with Gasteiger partial charge in [0.2, 0.25) is 0 Å². The Hall–Kier alpha value is -1.22. The number of benzene rings is 1. The van der Waals surface area contributed by atoms with Crippen molar-refractivity contribution in [3.05, 3.63) is 34.9 Å². The quantitative estimate of drug-likeness (QED) is 0.813. The second kappa shape index (κ2) is 4.53. The number of carbonyl (C=O) groups is 1. The second-order valence-corrected chi connectivity index (χ2v) is 4.10. The van der Waals surface area contributed by atoms with Crippen LogP contribution in [-0.2, 0) is 6.54 Å². The Labute approximate surface area is 93.8 Å². The zero-order valence-corrected chi connectivity index (χ0v) is 9.05. The molecule has 80 valence electrons. The van der Waals surface area contributed by atoms with Crippen molar-refractivity contribution in [1.82, 2.24) is 10.6 Å². The van der Waals surface area contributed by atoms with Gasteiger partial charge in [0.05, 0.1) is 0 Å². The summed E-state index contributed by atoms with van der Waals surface area (Å²) in [6, 6.07) is 7.77. The summed E-state index contributed by atoms with van der Waals surface area (Å²) in [6.07, 6.45) is 2.19. The molecule has 0 bridgehead atoms. The Morgan fingerprint density at radius 1 is 1.40 bits per heavy atom. The lowest BCUT2D eigenvalue weighted by molar-refractivity contribution is 0.240. The first-order chi connectivity index (χ1) is 7.25. The Kier molecular flexibility index (Phi) is 3.11. The molecule has 1 fully saturated rings. The fourth-order valence-corrected chi connectivity index (χ4v) is 1.48. The van der Waals surface area contributed by atoms with Gasteiger partial charge in [-0.1, -0.05) is 29.8 Å². The minimum Gasteiger partial charge on any atom is -0.335 e. The summed E-state index contributed by atoms with van der Waals surface area (Å²) >= 11 is 5.95. The minimum atomic E-state index is -0.114. The standard InChI is InChI=1S/C11H13ClN2O/c12-10-4-2-1-3-8(10)7-13-11(15)14-9-5-6-9/h1-4,9H,5-7H2,(H2,13,14,15). The molecule has 0 saturated heterocycles. The van der Waals surface area contributed by atoms with Gasteiger partial charge in [0.1, 0.15) is 0 Å². The normalized spacial score (nSPS) is 14.7. The smallest absolute Gasteiger partial charge is 0.315 e. The van der Waals surface area contributed by atoms with E-state index >= 15 is 0 Å². The van der Waals surface area contributed by atoms with E-state index in [1.165, 1.54) is 0 Å². The molecule has 0 heterocycles. The number of urea groups is 1. The highest BCUT2D eigenvalue weighted by atomic mass is 35.5. The fraction of sp³-hybridized carbons (Fsp3) is 0.364. The molecule has 2 rings (SSSR count). The van der Waals surface area contributed by atoms with Gasteiger partial charge in [-0.3, -0.25) is 0 Å². The van der Waals surface area contributed by atoms with Crippen molar-refractivity contribution in [2.45, 2.75) is 25.4 Å². The maximum absolute atomic E-state index is 11.3. The maximum atomic E-state index is 11.3. The van der Waals surface area contributed by atoms with Crippen LogP contribution in [0.2, 0.25) is 5.02 Å². The number of hydrogen-bond donors (Lipinski definition) is 2. The second-order valence-electron chi connectivity index (χ2n) is 3.69. The van der Waals surface area contributed by atoms with Gasteiger partial charge >= 0.3 is 6.03 Å². The van der Waals surface area contributed by atoms with Crippen molar-refractivity contribution in [3.63, 3.8) is 0 Å². The zero-order chi connectivity index (χ0) is 10.7. The van der Waals surface area contributed by atoms with Crippen LogP contribution in [0.25, 0.3) is 0 Å².